The Kier molecular flexibility index (Phi) is 4.20. The van der Waals surface area contributed by atoms with E-state index >= 15 is 0 Å². The highest BCUT2D eigenvalue weighted by Crippen LogP contribution is 2.17. The van der Waals surface area contributed by atoms with Gasteiger partial charge in [-0.15, -0.1) is 0 Å². The number of anilines is 1. The molecule has 1 aromatic carbocycles. The molecule has 0 aliphatic carbocycles. The molecule has 0 saturated heterocycles. The highest BCUT2D eigenvalue weighted by molar-refractivity contribution is 5.94. The molecule has 1 atom stereocenters. The summed E-state index contributed by atoms with van der Waals surface area (Å²) in [6.07, 6.45) is 3.00. The Morgan fingerprint density at radius 2 is 2.00 bits per heavy atom. The summed E-state index contributed by atoms with van der Waals surface area (Å²) in [5.41, 5.74) is 7.53. The van der Waals surface area contributed by atoms with Crippen molar-refractivity contribution in [1.29, 1.82) is 0 Å². The molecule has 2 aromatic rings. The van der Waals surface area contributed by atoms with Gasteiger partial charge in [-0.05, 0) is 30.7 Å². The Morgan fingerprint density at radius 3 is 2.60 bits per heavy atom. The molecule has 0 aliphatic rings. The summed E-state index contributed by atoms with van der Waals surface area (Å²) >= 11 is 0. The number of nitrogens with two attached hydrogens (primary N) is 1. The summed E-state index contributed by atoms with van der Waals surface area (Å²) in [7, 11) is 1.62. The fraction of sp³-hybridized carbons (Fsp3) is 0.200. The summed E-state index contributed by atoms with van der Waals surface area (Å²) in [6, 6.07) is 9.04. The van der Waals surface area contributed by atoms with Gasteiger partial charge in [-0.3, -0.25) is 9.78 Å². The van der Waals surface area contributed by atoms with Crippen LogP contribution in [0.25, 0.3) is 0 Å². The number of benzene rings is 1. The number of hydrogen-bond acceptors (Lipinski definition) is 4. The van der Waals surface area contributed by atoms with Gasteiger partial charge in [-0.2, -0.15) is 0 Å². The summed E-state index contributed by atoms with van der Waals surface area (Å²) in [6.45, 7) is 1.92. The van der Waals surface area contributed by atoms with Crippen LogP contribution in [0.4, 0.5) is 5.69 Å². The van der Waals surface area contributed by atoms with Gasteiger partial charge in [-0.25, -0.2) is 0 Å². The number of carbonyl (C=O) groups is 1. The highest BCUT2D eigenvalue weighted by atomic mass is 16.5. The number of nitrogens with one attached hydrogen (secondary N) is 1. The van der Waals surface area contributed by atoms with Crippen LogP contribution in [0.3, 0.4) is 0 Å². The van der Waals surface area contributed by atoms with E-state index in [2.05, 4.69) is 10.3 Å². The largest absolute Gasteiger partial charge is 0.497 e. The zero-order valence-electron chi connectivity index (χ0n) is 11.5. The number of hydrogen-bond donors (Lipinski definition) is 2. The first-order valence-electron chi connectivity index (χ1n) is 6.25. The van der Waals surface area contributed by atoms with E-state index in [0.717, 1.165) is 11.3 Å². The second-order valence-electron chi connectivity index (χ2n) is 4.48. The number of ether oxygens (including phenoxy) is 1. The zero-order chi connectivity index (χ0) is 14.5. The predicted molar refractivity (Wildman–Crippen MR) is 77.5 cm³/mol. The molecule has 1 unspecified atom stereocenters. The van der Waals surface area contributed by atoms with Crippen LogP contribution in [-0.4, -0.2) is 18.0 Å². The second-order valence-corrected chi connectivity index (χ2v) is 4.48. The van der Waals surface area contributed by atoms with E-state index in [-0.39, 0.29) is 11.9 Å². The van der Waals surface area contributed by atoms with Crippen LogP contribution in [0, 0.1) is 0 Å². The fourth-order valence-corrected chi connectivity index (χ4v) is 1.84. The molecule has 0 spiro atoms. The topological polar surface area (TPSA) is 77.2 Å². The number of aromatic nitrogens is 1. The van der Waals surface area contributed by atoms with Crippen LogP contribution in [-0.2, 0) is 0 Å². The maximum Gasteiger partial charge on any atom is 0.253 e. The predicted octanol–water partition coefficient (Wildman–Crippen LogP) is 2.16. The van der Waals surface area contributed by atoms with Crippen molar-refractivity contribution in [2.75, 3.05) is 12.8 Å². The van der Waals surface area contributed by atoms with Gasteiger partial charge in [0, 0.05) is 12.4 Å². The summed E-state index contributed by atoms with van der Waals surface area (Å²) < 4.78 is 5.10. The lowest BCUT2D eigenvalue weighted by atomic mass is 10.1. The van der Waals surface area contributed by atoms with Crippen molar-refractivity contribution in [1.82, 2.24) is 10.3 Å². The zero-order valence-corrected chi connectivity index (χ0v) is 11.5. The molecular weight excluding hydrogens is 254 g/mol. The van der Waals surface area contributed by atoms with E-state index in [1.807, 2.05) is 31.2 Å². The molecule has 1 aromatic heterocycles. The van der Waals surface area contributed by atoms with Gasteiger partial charge >= 0.3 is 0 Å². The maximum absolute atomic E-state index is 12.1. The number of amides is 1. The summed E-state index contributed by atoms with van der Waals surface area (Å²) in [5.74, 6) is 0.584. The van der Waals surface area contributed by atoms with Crippen molar-refractivity contribution in [3.63, 3.8) is 0 Å². The Bertz CT molecular complexity index is 596. The highest BCUT2D eigenvalue weighted by Gasteiger charge is 2.12. The van der Waals surface area contributed by atoms with Crippen LogP contribution in [0.5, 0.6) is 5.75 Å². The van der Waals surface area contributed by atoms with Crippen molar-refractivity contribution in [3.05, 3.63) is 53.9 Å². The molecule has 5 nitrogen and oxygen atoms in total. The van der Waals surface area contributed by atoms with E-state index in [0.29, 0.717) is 11.3 Å². The van der Waals surface area contributed by atoms with Crippen molar-refractivity contribution in [3.8, 4) is 5.75 Å². The smallest absolute Gasteiger partial charge is 0.253 e. The van der Waals surface area contributed by atoms with Gasteiger partial charge < -0.3 is 15.8 Å². The van der Waals surface area contributed by atoms with Crippen LogP contribution >= 0.6 is 0 Å². The molecule has 0 radical (unpaired) electrons. The molecule has 0 saturated carbocycles. The number of nitrogens with zero attached hydrogens (tertiary/aromatic N) is 1. The minimum atomic E-state index is -0.201. The Morgan fingerprint density at radius 1 is 1.30 bits per heavy atom. The van der Waals surface area contributed by atoms with Crippen molar-refractivity contribution < 1.29 is 9.53 Å². The molecule has 2 rings (SSSR count). The third-order valence-electron chi connectivity index (χ3n) is 2.98. The molecule has 1 heterocycles. The SMILES string of the molecule is COc1ccc(C(C)NC(=O)c2cncc(N)c2)cc1. The van der Waals surface area contributed by atoms with Crippen molar-refractivity contribution >= 4 is 11.6 Å². The molecule has 1 amide bonds. The third kappa shape index (κ3) is 3.26. The first-order valence-corrected chi connectivity index (χ1v) is 6.25. The van der Waals surface area contributed by atoms with Gasteiger partial charge in [0.05, 0.1) is 24.4 Å². The van der Waals surface area contributed by atoms with Crippen LogP contribution in [0.15, 0.2) is 42.7 Å². The average Bonchev–Trinajstić information content (AvgIpc) is 2.47. The first-order chi connectivity index (χ1) is 9.60. The van der Waals surface area contributed by atoms with E-state index in [1.54, 1.807) is 13.2 Å². The normalized spacial score (nSPS) is 11.7. The van der Waals surface area contributed by atoms with E-state index in [1.165, 1.54) is 12.4 Å². The number of carbonyl (C=O) groups excluding carboxylic acids is 1. The van der Waals surface area contributed by atoms with Gasteiger partial charge in [0.25, 0.3) is 5.91 Å². The first kappa shape index (κ1) is 13.9. The minimum Gasteiger partial charge on any atom is -0.497 e. The van der Waals surface area contributed by atoms with Crippen LogP contribution < -0.4 is 15.8 Å². The molecule has 20 heavy (non-hydrogen) atoms. The van der Waals surface area contributed by atoms with E-state index in [4.69, 9.17) is 10.5 Å². The molecule has 3 N–H and O–H groups in total. The maximum atomic E-state index is 12.1. The van der Waals surface area contributed by atoms with Crippen LogP contribution in [0.2, 0.25) is 0 Å². The Hall–Kier alpha value is -2.56. The monoisotopic (exact) mass is 271 g/mol. The van der Waals surface area contributed by atoms with Gasteiger partial charge in [0.2, 0.25) is 0 Å². The van der Waals surface area contributed by atoms with Gasteiger partial charge in [-0.1, -0.05) is 12.1 Å². The Labute approximate surface area is 117 Å². The van der Waals surface area contributed by atoms with E-state index < -0.39 is 0 Å². The summed E-state index contributed by atoms with van der Waals surface area (Å²) in [4.78, 5) is 16.0. The molecule has 0 bridgehead atoms. The summed E-state index contributed by atoms with van der Waals surface area (Å²) in [5, 5.41) is 2.90. The molecule has 0 aliphatic heterocycles. The minimum absolute atomic E-state index is 0.116. The van der Waals surface area contributed by atoms with E-state index in [9.17, 15) is 4.79 Å². The van der Waals surface area contributed by atoms with Crippen LogP contribution in [0.1, 0.15) is 28.9 Å². The lowest BCUT2D eigenvalue weighted by Crippen LogP contribution is -2.26. The van der Waals surface area contributed by atoms with Gasteiger partial charge in [0.15, 0.2) is 0 Å². The Balaban J connectivity index is 2.06. The molecular formula is C15H17N3O2. The van der Waals surface area contributed by atoms with Crippen molar-refractivity contribution in [2.45, 2.75) is 13.0 Å². The second kappa shape index (κ2) is 6.06. The lowest BCUT2D eigenvalue weighted by molar-refractivity contribution is 0.0939. The number of nitrogen functional groups attached to an aromatic ring is 1. The quantitative estimate of drug-likeness (QED) is 0.893. The number of pyridine rings is 1. The van der Waals surface area contributed by atoms with Gasteiger partial charge in [0.1, 0.15) is 5.75 Å². The third-order valence-corrected chi connectivity index (χ3v) is 2.98. The van der Waals surface area contributed by atoms with Crippen molar-refractivity contribution in [2.24, 2.45) is 0 Å². The lowest BCUT2D eigenvalue weighted by Gasteiger charge is -2.14. The number of methoxy groups -OCH3 is 1. The molecule has 104 valence electrons. The fourth-order valence-electron chi connectivity index (χ4n) is 1.84. The number of rotatable bonds is 4. The molecule has 0 fully saturated rings. The average molecular weight is 271 g/mol. The molecule has 5 heteroatoms. The standard InChI is InChI=1S/C15H17N3O2/c1-10(11-3-5-14(20-2)6-4-11)18-15(19)12-7-13(16)9-17-8-12/h3-10H,16H2,1-2H3,(H,18,19).